The molecule has 2 atom stereocenters. The Hall–Kier alpha value is -1.96. The largest absolute Gasteiger partial charge is 0.347 e. The SMILES string of the molecule is Cc1nc(C)c(C(=O)N2C[C@@H]3CC[C@H](C2)N(CC(=O)N(C)C)C3=O)s1. The number of carbonyl (C=O) groups excluding carboxylic acids is 3. The summed E-state index contributed by atoms with van der Waals surface area (Å²) in [5, 5.41) is 0.868. The van der Waals surface area contributed by atoms with Crippen molar-refractivity contribution in [3.63, 3.8) is 0 Å². The van der Waals surface area contributed by atoms with Crippen molar-refractivity contribution in [3.05, 3.63) is 15.6 Å². The highest BCUT2D eigenvalue weighted by atomic mass is 32.1. The highest BCUT2D eigenvalue weighted by molar-refractivity contribution is 7.13. The molecule has 3 amide bonds. The van der Waals surface area contributed by atoms with E-state index in [1.807, 2.05) is 13.8 Å². The van der Waals surface area contributed by atoms with Crippen LogP contribution in [0, 0.1) is 19.8 Å². The van der Waals surface area contributed by atoms with Gasteiger partial charge in [-0.25, -0.2) is 4.98 Å². The average molecular weight is 364 g/mol. The summed E-state index contributed by atoms with van der Waals surface area (Å²) >= 11 is 1.40. The molecule has 3 aliphatic heterocycles. The van der Waals surface area contributed by atoms with Crippen molar-refractivity contribution < 1.29 is 14.4 Å². The van der Waals surface area contributed by atoms with Gasteiger partial charge >= 0.3 is 0 Å². The van der Waals surface area contributed by atoms with Crippen molar-refractivity contribution in [1.82, 2.24) is 19.7 Å². The maximum atomic E-state index is 12.9. The van der Waals surface area contributed by atoms with Crippen LogP contribution in [-0.2, 0) is 9.59 Å². The highest BCUT2D eigenvalue weighted by Gasteiger charge is 2.43. The van der Waals surface area contributed by atoms with E-state index in [0.717, 1.165) is 23.5 Å². The molecule has 7 nitrogen and oxygen atoms in total. The Morgan fingerprint density at radius 3 is 2.56 bits per heavy atom. The van der Waals surface area contributed by atoms with Gasteiger partial charge in [0.05, 0.1) is 16.6 Å². The van der Waals surface area contributed by atoms with Gasteiger partial charge in [0, 0.05) is 33.2 Å². The van der Waals surface area contributed by atoms with Crippen molar-refractivity contribution in [2.45, 2.75) is 32.7 Å². The number of hydrogen-bond donors (Lipinski definition) is 0. The lowest BCUT2D eigenvalue weighted by atomic mass is 9.94. The first-order chi connectivity index (χ1) is 11.8. The lowest BCUT2D eigenvalue weighted by Crippen LogP contribution is -2.51. The molecule has 0 aliphatic carbocycles. The van der Waals surface area contributed by atoms with Gasteiger partial charge in [-0.1, -0.05) is 0 Å². The summed E-state index contributed by atoms with van der Waals surface area (Å²) in [6, 6.07) is -0.0894. The number of likely N-dealkylation sites (N-methyl/N-ethyl adjacent to an activating group) is 1. The van der Waals surface area contributed by atoms with Crippen molar-refractivity contribution in [1.29, 1.82) is 0 Å². The number of fused-ring (bicyclic) bond motifs is 4. The summed E-state index contributed by atoms with van der Waals surface area (Å²) in [6.45, 7) is 4.73. The zero-order chi connectivity index (χ0) is 18.3. The first-order valence-corrected chi connectivity index (χ1v) is 9.33. The smallest absolute Gasteiger partial charge is 0.265 e. The van der Waals surface area contributed by atoms with Crippen LogP contribution in [0.3, 0.4) is 0 Å². The molecule has 1 aromatic heterocycles. The van der Waals surface area contributed by atoms with E-state index in [0.29, 0.717) is 18.0 Å². The molecule has 136 valence electrons. The molecule has 3 saturated heterocycles. The Morgan fingerprint density at radius 2 is 1.96 bits per heavy atom. The lowest BCUT2D eigenvalue weighted by molar-refractivity contribution is -0.145. The predicted molar refractivity (Wildman–Crippen MR) is 94.4 cm³/mol. The average Bonchev–Trinajstić information content (AvgIpc) is 2.73. The molecule has 2 bridgehead atoms. The number of aromatic nitrogens is 1. The molecule has 0 radical (unpaired) electrons. The minimum absolute atomic E-state index is 0.000966. The molecule has 1 aromatic rings. The number of aryl methyl sites for hydroxylation is 2. The summed E-state index contributed by atoms with van der Waals surface area (Å²) in [5.74, 6) is -0.354. The van der Waals surface area contributed by atoms with Crippen LogP contribution in [0.5, 0.6) is 0 Å². The Morgan fingerprint density at radius 1 is 1.24 bits per heavy atom. The molecule has 4 heterocycles. The molecule has 3 aliphatic rings. The van der Waals surface area contributed by atoms with Crippen molar-refractivity contribution >= 4 is 29.1 Å². The zero-order valence-corrected chi connectivity index (χ0v) is 15.9. The van der Waals surface area contributed by atoms with Gasteiger partial charge in [-0.3, -0.25) is 14.4 Å². The number of nitrogens with zero attached hydrogens (tertiary/aromatic N) is 4. The van der Waals surface area contributed by atoms with Gasteiger partial charge in [-0.05, 0) is 26.7 Å². The topological polar surface area (TPSA) is 73.8 Å². The van der Waals surface area contributed by atoms with Crippen LogP contribution in [-0.4, -0.2) is 77.2 Å². The molecule has 4 rings (SSSR count). The summed E-state index contributed by atoms with van der Waals surface area (Å²) in [6.07, 6.45) is 1.61. The highest BCUT2D eigenvalue weighted by Crippen LogP contribution is 2.31. The molecular weight excluding hydrogens is 340 g/mol. The minimum atomic E-state index is -0.216. The summed E-state index contributed by atoms with van der Waals surface area (Å²) in [5.41, 5.74) is 0.745. The quantitative estimate of drug-likeness (QED) is 0.799. The molecule has 0 N–H and O–H groups in total. The van der Waals surface area contributed by atoms with E-state index in [4.69, 9.17) is 0 Å². The molecule has 0 spiro atoms. The van der Waals surface area contributed by atoms with E-state index in [1.54, 1.807) is 23.9 Å². The number of amides is 3. The van der Waals surface area contributed by atoms with Gasteiger partial charge < -0.3 is 14.7 Å². The van der Waals surface area contributed by atoms with Crippen LogP contribution in [0.15, 0.2) is 0 Å². The number of hydrogen-bond acceptors (Lipinski definition) is 5. The fourth-order valence-electron chi connectivity index (χ4n) is 3.57. The Labute approximate surface area is 151 Å². The number of piperidine rings is 1. The predicted octanol–water partition coefficient (Wildman–Crippen LogP) is 0.911. The van der Waals surface area contributed by atoms with Gasteiger partial charge in [0.15, 0.2) is 0 Å². The van der Waals surface area contributed by atoms with Crippen LogP contribution in [0.1, 0.15) is 33.2 Å². The summed E-state index contributed by atoms with van der Waals surface area (Å²) in [7, 11) is 3.38. The second kappa shape index (κ2) is 6.74. The summed E-state index contributed by atoms with van der Waals surface area (Å²) < 4.78 is 0. The van der Waals surface area contributed by atoms with Crippen LogP contribution >= 0.6 is 11.3 Å². The van der Waals surface area contributed by atoms with Gasteiger partial charge in [-0.15, -0.1) is 11.3 Å². The third-order valence-electron chi connectivity index (χ3n) is 4.98. The van der Waals surface area contributed by atoms with Crippen molar-refractivity contribution in [3.8, 4) is 0 Å². The van der Waals surface area contributed by atoms with E-state index in [9.17, 15) is 14.4 Å². The van der Waals surface area contributed by atoms with E-state index >= 15 is 0 Å². The van der Waals surface area contributed by atoms with Gasteiger partial charge in [0.2, 0.25) is 11.8 Å². The van der Waals surface area contributed by atoms with Crippen LogP contribution < -0.4 is 0 Å². The minimum Gasteiger partial charge on any atom is -0.347 e. The third-order valence-corrected chi connectivity index (χ3v) is 6.04. The Bertz CT molecular complexity index is 715. The van der Waals surface area contributed by atoms with Gasteiger partial charge in [0.1, 0.15) is 11.4 Å². The number of thiazole rings is 1. The maximum absolute atomic E-state index is 12.9. The monoisotopic (exact) mass is 364 g/mol. The second-order valence-corrected chi connectivity index (χ2v) is 8.24. The first kappa shape index (κ1) is 17.8. The molecule has 0 unspecified atom stereocenters. The van der Waals surface area contributed by atoms with Crippen LogP contribution in [0.4, 0.5) is 0 Å². The molecule has 25 heavy (non-hydrogen) atoms. The van der Waals surface area contributed by atoms with Crippen molar-refractivity contribution in [2.24, 2.45) is 5.92 Å². The second-order valence-electron chi connectivity index (χ2n) is 7.04. The third kappa shape index (κ3) is 3.40. The molecule has 0 saturated carbocycles. The fraction of sp³-hybridized carbons (Fsp3) is 0.647. The Kier molecular flexibility index (Phi) is 4.81. The molecular formula is C17H24N4O3S. The molecule has 0 aromatic carbocycles. The van der Waals surface area contributed by atoms with E-state index in [1.165, 1.54) is 16.2 Å². The Balaban J connectivity index is 1.81. The zero-order valence-electron chi connectivity index (χ0n) is 15.1. The van der Waals surface area contributed by atoms with Gasteiger partial charge in [0.25, 0.3) is 5.91 Å². The standard InChI is InChI=1S/C17H24N4O3S/c1-10-15(25-11(2)18-10)17(24)20-7-12-5-6-13(8-20)21(16(12)23)9-14(22)19(3)4/h12-13H,5-9H2,1-4H3/t12-,13+/m0/s1. The van der Waals surface area contributed by atoms with Gasteiger partial charge in [-0.2, -0.15) is 0 Å². The number of carbonyl (C=O) groups is 3. The normalized spacial score (nSPS) is 23.0. The fourth-order valence-corrected chi connectivity index (χ4v) is 4.46. The van der Waals surface area contributed by atoms with E-state index in [2.05, 4.69) is 4.98 Å². The molecule has 8 heteroatoms. The van der Waals surface area contributed by atoms with E-state index in [-0.39, 0.29) is 36.2 Å². The van der Waals surface area contributed by atoms with E-state index < -0.39 is 0 Å². The van der Waals surface area contributed by atoms with Crippen LogP contribution in [0.25, 0.3) is 0 Å². The number of rotatable bonds is 3. The maximum Gasteiger partial charge on any atom is 0.265 e. The molecule has 3 fully saturated rings. The lowest BCUT2D eigenvalue weighted by Gasteiger charge is -2.35. The first-order valence-electron chi connectivity index (χ1n) is 8.52. The van der Waals surface area contributed by atoms with Crippen LogP contribution in [0.2, 0.25) is 0 Å². The summed E-state index contributed by atoms with van der Waals surface area (Å²) in [4.78, 5) is 47.7. The van der Waals surface area contributed by atoms with Crippen molar-refractivity contribution in [2.75, 3.05) is 33.7 Å².